The third-order valence-corrected chi connectivity index (χ3v) is 6.49. The molecule has 0 aliphatic carbocycles. The van der Waals surface area contributed by atoms with Gasteiger partial charge in [0.1, 0.15) is 24.2 Å². The highest BCUT2D eigenvalue weighted by Crippen LogP contribution is 2.29. The molecule has 5 rings (SSSR count). The zero-order valence-electron chi connectivity index (χ0n) is 21.7. The second kappa shape index (κ2) is 11.6. The number of hydrogen-bond acceptors (Lipinski definition) is 7. The number of carbonyl (C=O) groups is 2. The maximum atomic E-state index is 13.9. The highest BCUT2D eigenvalue weighted by atomic mass is 19.1. The number of halogens is 1. The third kappa shape index (κ3) is 6.20. The summed E-state index contributed by atoms with van der Waals surface area (Å²) in [5.41, 5.74) is 1.94. The van der Waals surface area contributed by atoms with Gasteiger partial charge in [-0.15, -0.1) is 10.2 Å². The second-order valence-corrected chi connectivity index (χ2v) is 9.49. The van der Waals surface area contributed by atoms with E-state index in [0.29, 0.717) is 35.9 Å². The van der Waals surface area contributed by atoms with E-state index in [1.54, 1.807) is 31.2 Å². The van der Waals surface area contributed by atoms with Crippen molar-refractivity contribution in [1.29, 1.82) is 0 Å². The number of ether oxygens (including phenoxy) is 1. The van der Waals surface area contributed by atoms with Crippen LogP contribution in [0.1, 0.15) is 35.8 Å². The summed E-state index contributed by atoms with van der Waals surface area (Å²) in [6.45, 7) is 4.40. The first-order valence-electron chi connectivity index (χ1n) is 12.8. The van der Waals surface area contributed by atoms with Crippen molar-refractivity contribution in [2.24, 2.45) is 0 Å². The molecule has 0 saturated carbocycles. The quantitative estimate of drug-likeness (QED) is 0.349. The van der Waals surface area contributed by atoms with E-state index in [4.69, 9.17) is 9.15 Å². The number of amides is 2. The molecule has 10 nitrogen and oxygen atoms in total. The molecule has 3 heterocycles. The summed E-state index contributed by atoms with van der Waals surface area (Å²) in [6, 6.07) is 15.2. The van der Waals surface area contributed by atoms with Gasteiger partial charge >= 0.3 is 0 Å². The number of anilines is 1. The van der Waals surface area contributed by atoms with Gasteiger partial charge in [0.25, 0.3) is 5.91 Å². The summed E-state index contributed by atoms with van der Waals surface area (Å²) in [5.74, 6) is 0.0444. The highest BCUT2D eigenvalue weighted by Gasteiger charge is 2.34. The van der Waals surface area contributed by atoms with Crippen LogP contribution in [0.25, 0.3) is 11.6 Å². The van der Waals surface area contributed by atoms with Crippen molar-refractivity contribution in [2.75, 3.05) is 18.1 Å². The van der Waals surface area contributed by atoms with Crippen molar-refractivity contribution >= 4 is 17.5 Å². The lowest BCUT2D eigenvalue weighted by atomic mass is 10.0. The largest absolute Gasteiger partial charge is 0.458 e. The Labute approximate surface area is 224 Å². The first-order chi connectivity index (χ1) is 18.9. The Morgan fingerprint density at radius 1 is 1.10 bits per heavy atom. The molecule has 1 aliphatic rings. The van der Waals surface area contributed by atoms with Crippen LogP contribution < -0.4 is 10.2 Å². The Hall–Kier alpha value is -4.38. The van der Waals surface area contributed by atoms with Crippen molar-refractivity contribution in [3.8, 4) is 11.6 Å². The molecule has 4 aromatic rings. The van der Waals surface area contributed by atoms with Crippen LogP contribution >= 0.6 is 0 Å². The molecule has 1 aliphatic heterocycles. The van der Waals surface area contributed by atoms with E-state index < -0.39 is 23.7 Å². The lowest BCUT2D eigenvalue weighted by molar-refractivity contribution is -0.127. The Morgan fingerprint density at radius 2 is 1.87 bits per heavy atom. The number of aryl methyl sites for hydroxylation is 2. The van der Waals surface area contributed by atoms with E-state index in [1.807, 2.05) is 19.1 Å². The minimum atomic E-state index is -1.09. The summed E-state index contributed by atoms with van der Waals surface area (Å²) in [5, 5.41) is 15.2. The van der Waals surface area contributed by atoms with Gasteiger partial charge in [0.05, 0.1) is 6.10 Å². The van der Waals surface area contributed by atoms with Crippen LogP contribution in [0.15, 0.2) is 65.1 Å². The van der Waals surface area contributed by atoms with Crippen molar-refractivity contribution in [3.63, 3.8) is 0 Å². The maximum Gasteiger partial charge on any atom is 0.251 e. The van der Waals surface area contributed by atoms with Crippen LogP contribution in [0.4, 0.5) is 10.1 Å². The predicted molar refractivity (Wildman–Crippen MR) is 140 cm³/mol. The van der Waals surface area contributed by atoms with Gasteiger partial charge < -0.3 is 14.5 Å². The Kier molecular flexibility index (Phi) is 7.78. The molecule has 1 fully saturated rings. The molecule has 0 radical (unpaired) electrons. The smallest absolute Gasteiger partial charge is 0.251 e. The number of aromatic nitrogens is 4. The number of hydrogen-bond donors (Lipinski definition) is 1. The summed E-state index contributed by atoms with van der Waals surface area (Å²) in [7, 11) is 0. The molecule has 1 saturated heterocycles. The molecule has 11 heteroatoms. The molecule has 0 spiro atoms. The monoisotopic (exact) mass is 532 g/mol. The molecule has 2 amide bonds. The molecule has 1 N–H and O–H groups in total. The lowest BCUT2D eigenvalue weighted by Gasteiger charge is -2.31. The zero-order valence-corrected chi connectivity index (χ0v) is 21.7. The minimum Gasteiger partial charge on any atom is -0.458 e. The predicted octanol–water partition coefficient (Wildman–Crippen LogP) is 3.76. The van der Waals surface area contributed by atoms with E-state index in [-0.39, 0.29) is 18.5 Å². The molecular formula is C28H29FN6O4. The molecule has 39 heavy (non-hydrogen) atoms. The van der Waals surface area contributed by atoms with Crippen molar-refractivity contribution in [1.82, 2.24) is 25.5 Å². The molecule has 2 aromatic carbocycles. The first-order valence-corrected chi connectivity index (χ1v) is 12.8. The fourth-order valence-corrected chi connectivity index (χ4v) is 4.48. The fourth-order valence-electron chi connectivity index (χ4n) is 4.48. The van der Waals surface area contributed by atoms with Crippen molar-refractivity contribution in [2.45, 2.75) is 45.4 Å². The standard InChI is InChI=1S/C28H29FN6O4/c1-18-5-12-22(13-6-18)35(25(36)17-34-32-27(31-33-34)24-14-7-19(2)39-24)26(20-8-10-21(29)11-9-20)28(37)30-16-23-4-3-15-38-23/h5-14,23,26H,3-4,15-17H2,1-2H3,(H,30,37)/t23-,26-/m0/s1. The summed E-state index contributed by atoms with van der Waals surface area (Å²) < 4.78 is 25.0. The van der Waals surface area contributed by atoms with Gasteiger partial charge in [0.15, 0.2) is 5.76 Å². The van der Waals surface area contributed by atoms with Gasteiger partial charge in [-0.25, -0.2) is 4.39 Å². The van der Waals surface area contributed by atoms with Crippen LogP contribution in [0.5, 0.6) is 0 Å². The van der Waals surface area contributed by atoms with Crippen LogP contribution in [-0.4, -0.2) is 51.3 Å². The number of nitrogens with zero attached hydrogens (tertiary/aromatic N) is 5. The molecule has 0 bridgehead atoms. The van der Waals surface area contributed by atoms with Crippen LogP contribution in [0.2, 0.25) is 0 Å². The third-order valence-electron chi connectivity index (χ3n) is 6.49. The van der Waals surface area contributed by atoms with Crippen molar-refractivity contribution < 1.29 is 23.1 Å². The summed E-state index contributed by atoms with van der Waals surface area (Å²) >= 11 is 0. The normalized spacial score (nSPS) is 15.7. The van der Waals surface area contributed by atoms with Gasteiger partial charge in [-0.2, -0.15) is 4.80 Å². The average Bonchev–Trinajstić information content (AvgIpc) is 3.70. The zero-order chi connectivity index (χ0) is 27.4. The fraction of sp³-hybridized carbons (Fsp3) is 0.321. The molecule has 2 atom stereocenters. The number of benzene rings is 2. The number of furan rings is 1. The van der Waals surface area contributed by atoms with E-state index in [1.165, 1.54) is 29.2 Å². The van der Waals surface area contributed by atoms with Gasteiger partial charge in [-0.05, 0) is 73.9 Å². The Bertz CT molecular complexity index is 1430. The minimum absolute atomic E-state index is 0.0886. The summed E-state index contributed by atoms with van der Waals surface area (Å²) in [4.78, 5) is 30.1. The van der Waals surface area contributed by atoms with E-state index >= 15 is 0 Å². The van der Waals surface area contributed by atoms with Crippen LogP contribution in [-0.2, 0) is 20.9 Å². The molecule has 202 valence electrons. The van der Waals surface area contributed by atoms with E-state index in [2.05, 4.69) is 20.7 Å². The SMILES string of the molecule is Cc1ccc(N(C(=O)Cn2nnc(-c3ccc(C)o3)n2)[C@H](C(=O)NC[C@@H]2CCCO2)c2ccc(F)cc2)cc1. The number of nitrogens with one attached hydrogen (secondary N) is 1. The van der Waals surface area contributed by atoms with Crippen LogP contribution in [0, 0.1) is 19.7 Å². The molecule has 2 aromatic heterocycles. The second-order valence-electron chi connectivity index (χ2n) is 9.49. The van der Waals surface area contributed by atoms with Crippen LogP contribution in [0.3, 0.4) is 0 Å². The Morgan fingerprint density at radius 3 is 2.54 bits per heavy atom. The molecule has 0 unspecified atom stereocenters. The van der Waals surface area contributed by atoms with Gasteiger partial charge in [-0.1, -0.05) is 29.8 Å². The summed E-state index contributed by atoms with van der Waals surface area (Å²) in [6.07, 6.45) is 1.69. The van der Waals surface area contributed by atoms with Gasteiger partial charge in [0, 0.05) is 18.8 Å². The van der Waals surface area contributed by atoms with Gasteiger partial charge in [0.2, 0.25) is 11.7 Å². The first kappa shape index (κ1) is 26.2. The average molecular weight is 533 g/mol. The van der Waals surface area contributed by atoms with E-state index in [0.717, 1.165) is 23.2 Å². The maximum absolute atomic E-state index is 13.9. The van der Waals surface area contributed by atoms with Crippen molar-refractivity contribution in [3.05, 3.63) is 83.4 Å². The molecular weight excluding hydrogens is 503 g/mol. The number of tetrazole rings is 1. The van der Waals surface area contributed by atoms with E-state index in [9.17, 15) is 14.0 Å². The Balaban J connectivity index is 1.47. The topological polar surface area (TPSA) is 115 Å². The lowest BCUT2D eigenvalue weighted by Crippen LogP contribution is -2.46. The highest BCUT2D eigenvalue weighted by molar-refractivity contribution is 6.01. The number of carbonyl (C=O) groups excluding carboxylic acids is 2. The number of rotatable bonds is 9. The van der Waals surface area contributed by atoms with Gasteiger partial charge in [-0.3, -0.25) is 14.5 Å².